The second-order valence-electron chi connectivity index (χ2n) is 5.74. The third-order valence-electron chi connectivity index (χ3n) is 4.59. The number of carbonyl (C=O) groups excluding carboxylic acids is 1. The summed E-state index contributed by atoms with van der Waals surface area (Å²) in [5.41, 5.74) is 2.59. The molecule has 19 heavy (non-hydrogen) atoms. The molecule has 3 nitrogen and oxygen atoms in total. The largest absolute Gasteiger partial charge is 0.342 e. The van der Waals surface area contributed by atoms with E-state index in [-0.39, 0.29) is 5.92 Å². The van der Waals surface area contributed by atoms with Crippen molar-refractivity contribution in [1.29, 1.82) is 0 Å². The smallest absolute Gasteiger partial charge is 0.230 e. The van der Waals surface area contributed by atoms with Crippen molar-refractivity contribution in [1.82, 2.24) is 10.2 Å². The topological polar surface area (TPSA) is 32.3 Å². The Hall–Kier alpha value is -1.35. The van der Waals surface area contributed by atoms with Crippen molar-refractivity contribution in [2.24, 2.45) is 0 Å². The van der Waals surface area contributed by atoms with Crippen molar-refractivity contribution >= 4 is 5.91 Å². The first-order chi connectivity index (χ1) is 9.27. The summed E-state index contributed by atoms with van der Waals surface area (Å²) in [6.07, 6.45) is 4.30. The summed E-state index contributed by atoms with van der Waals surface area (Å²) in [6.45, 7) is 2.12. The van der Waals surface area contributed by atoms with Gasteiger partial charge in [0.1, 0.15) is 0 Å². The Morgan fingerprint density at radius 1 is 1.26 bits per heavy atom. The van der Waals surface area contributed by atoms with Gasteiger partial charge >= 0.3 is 0 Å². The number of nitrogens with zero attached hydrogens (tertiary/aromatic N) is 1. The minimum Gasteiger partial charge on any atom is -0.342 e. The van der Waals surface area contributed by atoms with Gasteiger partial charge in [0.2, 0.25) is 5.91 Å². The fourth-order valence-electron chi connectivity index (χ4n) is 3.29. The number of nitrogens with one attached hydrogen (secondary N) is 1. The van der Waals surface area contributed by atoms with Crippen LogP contribution in [0, 0.1) is 0 Å². The summed E-state index contributed by atoms with van der Waals surface area (Å²) in [7, 11) is 1.99. The van der Waals surface area contributed by atoms with E-state index in [0.29, 0.717) is 11.9 Å². The first-order valence-electron chi connectivity index (χ1n) is 7.32. The molecule has 1 N–H and O–H groups in total. The van der Waals surface area contributed by atoms with Gasteiger partial charge in [-0.1, -0.05) is 24.3 Å². The lowest BCUT2D eigenvalue weighted by Gasteiger charge is -2.35. The Labute approximate surface area is 115 Å². The highest BCUT2D eigenvalue weighted by Gasteiger charge is 2.35. The van der Waals surface area contributed by atoms with Crippen LogP contribution >= 0.6 is 0 Å². The average Bonchev–Trinajstić information content (AvgIpc) is 2.68. The molecule has 3 heteroatoms. The molecule has 0 radical (unpaired) electrons. The average molecular weight is 258 g/mol. The summed E-state index contributed by atoms with van der Waals surface area (Å²) < 4.78 is 0. The molecule has 1 aromatic rings. The number of carbonyl (C=O) groups is 1. The molecular weight excluding hydrogens is 236 g/mol. The molecule has 1 amide bonds. The van der Waals surface area contributed by atoms with E-state index in [1.807, 2.05) is 18.0 Å². The van der Waals surface area contributed by atoms with Gasteiger partial charge in [-0.25, -0.2) is 0 Å². The van der Waals surface area contributed by atoms with Crippen molar-refractivity contribution < 1.29 is 4.79 Å². The Morgan fingerprint density at radius 3 is 2.95 bits per heavy atom. The van der Waals surface area contributed by atoms with Crippen molar-refractivity contribution in [3.8, 4) is 0 Å². The van der Waals surface area contributed by atoms with Crippen LogP contribution in [0.4, 0.5) is 0 Å². The first-order valence-corrected chi connectivity index (χ1v) is 7.32. The minimum atomic E-state index is 0.109. The fraction of sp³-hybridized carbons (Fsp3) is 0.562. The maximum absolute atomic E-state index is 12.6. The molecule has 3 rings (SSSR count). The van der Waals surface area contributed by atoms with Gasteiger partial charge in [-0.3, -0.25) is 4.79 Å². The van der Waals surface area contributed by atoms with Gasteiger partial charge < -0.3 is 10.2 Å². The molecule has 1 saturated heterocycles. The molecule has 2 atom stereocenters. The molecule has 1 fully saturated rings. The molecule has 1 aliphatic carbocycles. The van der Waals surface area contributed by atoms with E-state index >= 15 is 0 Å². The van der Waals surface area contributed by atoms with Gasteiger partial charge in [0.15, 0.2) is 0 Å². The van der Waals surface area contributed by atoms with Crippen LogP contribution in [-0.2, 0) is 11.2 Å². The summed E-state index contributed by atoms with van der Waals surface area (Å²) in [5.74, 6) is 0.419. The SMILES string of the molecule is CN(C(=O)C1Cc2ccccc21)C1CCCNCC1. The Kier molecular flexibility index (Phi) is 3.56. The molecule has 1 aromatic carbocycles. The van der Waals surface area contributed by atoms with Crippen molar-refractivity contribution in [3.05, 3.63) is 35.4 Å². The Bertz CT molecular complexity index is 464. The van der Waals surface area contributed by atoms with E-state index in [1.165, 1.54) is 17.5 Å². The lowest BCUT2D eigenvalue weighted by Crippen LogP contribution is -2.43. The Morgan fingerprint density at radius 2 is 2.11 bits per heavy atom. The highest BCUT2D eigenvalue weighted by atomic mass is 16.2. The van der Waals surface area contributed by atoms with Gasteiger partial charge in [-0.05, 0) is 49.9 Å². The number of hydrogen-bond acceptors (Lipinski definition) is 2. The molecule has 0 bridgehead atoms. The number of amides is 1. The minimum absolute atomic E-state index is 0.109. The van der Waals surface area contributed by atoms with Crippen LogP contribution < -0.4 is 5.32 Å². The molecule has 0 aromatic heterocycles. The van der Waals surface area contributed by atoms with Crippen LogP contribution in [0.3, 0.4) is 0 Å². The molecule has 0 saturated carbocycles. The molecule has 1 heterocycles. The maximum Gasteiger partial charge on any atom is 0.230 e. The predicted octanol–water partition coefficient (Wildman–Crippen LogP) is 1.93. The van der Waals surface area contributed by atoms with E-state index in [4.69, 9.17) is 0 Å². The van der Waals surface area contributed by atoms with E-state index in [9.17, 15) is 4.79 Å². The maximum atomic E-state index is 12.6. The zero-order chi connectivity index (χ0) is 13.2. The van der Waals surface area contributed by atoms with Crippen molar-refractivity contribution in [3.63, 3.8) is 0 Å². The van der Waals surface area contributed by atoms with Crippen LogP contribution in [0.5, 0.6) is 0 Å². The Balaban J connectivity index is 1.68. The highest BCUT2D eigenvalue weighted by Crippen LogP contribution is 2.36. The van der Waals surface area contributed by atoms with Crippen LogP contribution in [0.25, 0.3) is 0 Å². The van der Waals surface area contributed by atoms with Gasteiger partial charge in [-0.2, -0.15) is 0 Å². The van der Waals surface area contributed by atoms with Crippen LogP contribution in [0.15, 0.2) is 24.3 Å². The third-order valence-corrected chi connectivity index (χ3v) is 4.59. The van der Waals surface area contributed by atoms with Crippen molar-refractivity contribution in [2.45, 2.75) is 37.6 Å². The van der Waals surface area contributed by atoms with E-state index < -0.39 is 0 Å². The standard InChI is InChI=1S/C16H22N2O/c1-18(13-6-4-9-17-10-8-13)16(19)15-11-12-5-2-3-7-14(12)15/h2-3,5,7,13,15,17H,4,6,8-11H2,1H3. The van der Waals surface area contributed by atoms with Crippen LogP contribution in [0.2, 0.25) is 0 Å². The molecule has 2 unspecified atom stereocenters. The van der Waals surface area contributed by atoms with E-state index in [0.717, 1.165) is 32.4 Å². The number of benzene rings is 1. The molecule has 102 valence electrons. The second-order valence-corrected chi connectivity index (χ2v) is 5.74. The zero-order valence-corrected chi connectivity index (χ0v) is 11.6. The lowest BCUT2D eigenvalue weighted by molar-refractivity contribution is -0.134. The summed E-state index contributed by atoms with van der Waals surface area (Å²) in [5, 5.41) is 3.41. The van der Waals surface area contributed by atoms with Gasteiger partial charge in [0.25, 0.3) is 0 Å². The van der Waals surface area contributed by atoms with E-state index in [1.54, 1.807) is 0 Å². The molecular formula is C16H22N2O. The highest BCUT2D eigenvalue weighted by molar-refractivity contribution is 5.87. The summed E-state index contributed by atoms with van der Waals surface area (Å²) in [6, 6.07) is 8.74. The van der Waals surface area contributed by atoms with Gasteiger partial charge in [-0.15, -0.1) is 0 Å². The number of hydrogen-bond donors (Lipinski definition) is 1. The molecule has 2 aliphatic rings. The summed E-state index contributed by atoms with van der Waals surface area (Å²) in [4.78, 5) is 14.6. The van der Waals surface area contributed by atoms with Crippen LogP contribution in [-0.4, -0.2) is 37.0 Å². The number of rotatable bonds is 2. The monoisotopic (exact) mass is 258 g/mol. The third kappa shape index (κ3) is 2.39. The van der Waals surface area contributed by atoms with E-state index in [2.05, 4.69) is 23.5 Å². The predicted molar refractivity (Wildman–Crippen MR) is 76.2 cm³/mol. The fourth-order valence-corrected chi connectivity index (χ4v) is 3.29. The zero-order valence-electron chi connectivity index (χ0n) is 11.6. The lowest BCUT2D eigenvalue weighted by atomic mass is 9.76. The second kappa shape index (κ2) is 5.33. The van der Waals surface area contributed by atoms with Crippen LogP contribution in [0.1, 0.15) is 36.3 Å². The molecule has 1 aliphatic heterocycles. The number of likely N-dealkylation sites (N-methyl/N-ethyl adjacent to an activating group) is 1. The normalized spacial score (nSPS) is 25.9. The molecule has 0 spiro atoms. The first kappa shape index (κ1) is 12.7. The van der Waals surface area contributed by atoms with Crippen molar-refractivity contribution in [2.75, 3.05) is 20.1 Å². The van der Waals surface area contributed by atoms with Gasteiger partial charge in [0, 0.05) is 13.1 Å². The quantitative estimate of drug-likeness (QED) is 0.879. The summed E-state index contributed by atoms with van der Waals surface area (Å²) >= 11 is 0. The van der Waals surface area contributed by atoms with Gasteiger partial charge in [0.05, 0.1) is 5.92 Å². The number of fused-ring (bicyclic) bond motifs is 1.